The number of nitrogens with two attached hydrogens (primary N) is 1. The van der Waals surface area contributed by atoms with Gasteiger partial charge in [-0.25, -0.2) is 9.67 Å². The summed E-state index contributed by atoms with van der Waals surface area (Å²) >= 11 is 0. The van der Waals surface area contributed by atoms with Gasteiger partial charge in [0.25, 0.3) is 0 Å². The Morgan fingerprint density at radius 2 is 2.17 bits per heavy atom. The Bertz CT molecular complexity index is 321. The molecule has 0 aliphatic heterocycles. The number of hydrogen-bond acceptors (Lipinski definition) is 4. The molecule has 0 saturated heterocycles. The van der Waals surface area contributed by atoms with Crippen molar-refractivity contribution in [2.45, 2.75) is 65.5 Å². The molecule has 0 fully saturated rings. The van der Waals surface area contributed by atoms with Crippen molar-refractivity contribution in [1.29, 1.82) is 0 Å². The monoisotopic (exact) mass is 253 g/mol. The minimum absolute atomic E-state index is 0.298. The van der Waals surface area contributed by atoms with E-state index in [1.165, 1.54) is 19.3 Å². The normalized spacial score (nSPS) is 13.2. The van der Waals surface area contributed by atoms with Crippen molar-refractivity contribution < 1.29 is 0 Å². The van der Waals surface area contributed by atoms with Gasteiger partial charge < -0.3 is 0 Å². The molecule has 0 bridgehead atoms. The predicted molar refractivity (Wildman–Crippen MR) is 73.8 cm³/mol. The molecule has 1 unspecified atom stereocenters. The first-order chi connectivity index (χ1) is 8.67. The summed E-state index contributed by atoms with van der Waals surface area (Å²) in [6.07, 6.45) is 7.30. The van der Waals surface area contributed by atoms with Gasteiger partial charge in [0, 0.05) is 19.0 Å². The van der Waals surface area contributed by atoms with Gasteiger partial charge in [-0.3, -0.25) is 11.3 Å². The highest BCUT2D eigenvalue weighted by molar-refractivity contribution is 4.89. The average Bonchev–Trinajstić information content (AvgIpc) is 2.74. The topological polar surface area (TPSA) is 68.8 Å². The van der Waals surface area contributed by atoms with Crippen LogP contribution in [-0.2, 0) is 13.0 Å². The summed E-state index contributed by atoms with van der Waals surface area (Å²) in [6, 6.07) is 0.298. The van der Waals surface area contributed by atoms with E-state index < -0.39 is 0 Å². The fraction of sp³-hybridized carbons (Fsp3) is 0.846. The average molecular weight is 253 g/mol. The van der Waals surface area contributed by atoms with Crippen LogP contribution in [0.2, 0.25) is 0 Å². The number of rotatable bonds is 9. The summed E-state index contributed by atoms with van der Waals surface area (Å²) in [5, 5.41) is 4.28. The van der Waals surface area contributed by atoms with Crippen molar-refractivity contribution in [2.75, 3.05) is 0 Å². The molecule has 0 spiro atoms. The van der Waals surface area contributed by atoms with Crippen molar-refractivity contribution in [3.63, 3.8) is 0 Å². The van der Waals surface area contributed by atoms with Crippen LogP contribution in [0.3, 0.4) is 0 Å². The van der Waals surface area contributed by atoms with Crippen LogP contribution in [0.5, 0.6) is 0 Å². The summed E-state index contributed by atoms with van der Waals surface area (Å²) in [7, 11) is 0. The van der Waals surface area contributed by atoms with Gasteiger partial charge in [0.05, 0.1) is 0 Å². The molecule has 0 amide bonds. The van der Waals surface area contributed by atoms with Gasteiger partial charge in [0.1, 0.15) is 12.2 Å². The zero-order chi connectivity index (χ0) is 13.4. The maximum atomic E-state index is 5.62. The molecule has 0 saturated carbocycles. The largest absolute Gasteiger partial charge is 0.271 e. The Balaban J connectivity index is 2.50. The van der Waals surface area contributed by atoms with Crippen molar-refractivity contribution in [3.05, 3.63) is 12.2 Å². The lowest BCUT2D eigenvalue weighted by molar-refractivity contribution is 0.423. The molecule has 0 aliphatic rings. The van der Waals surface area contributed by atoms with Crippen LogP contribution in [0.15, 0.2) is 6.33 Å². The van der Waals surface area contributed by atoms with Crippen LogP contribution < -0.4 is 11.3 Å². The maximum absolute atomic E-state index is 5.62. The van der Waals surface area contributed by atoms with Crippen LogP contribution in [0.1, 0.15) is 52.3 Å². The van der Waals surface area contributed by atoms with E-state index in [0.29, 0.717) is 12.0 Å². The molecule has 0 aliphatic carbocycles. The number of hydrazine groups is 1. The third kappa shape index (κ3) is 5.14. The lowest BCUT2D eigenvalue weighted by Crippen LogP contribution is -2.37. The summed E-state index contributed by atoms with van der Waals surface area (Å²) in [5.41, 5.74) is 2.90. The first-order valence-electron chi connectivity index (χ1n) is 7.00. The maximum Gasteiger partial charge on any atom is 0.138 e. The first-order valence-corrected chi connectivity index (χ1v) is 7.00. The fourth-order valence-electron chi connectivity index (χ4n) is 2.05. The van der Waals surface area contributed by atoms with Crippen molar-refractivity contribution in [2.24, 2.45) is 11.8 Å². The molecule has 1 heterocycles. The second-order valence-electron chi connectivity index (χ2n) is 5.32. The molecule has 0 aromatic carbocycles. The number of nitrogens with one attached hydrogen (secondary N) is 1. The van der Waals surface area contributed by atoms with Crippen LogP contribution >= 0.6 is 0 Å². The van der Waals surface area contributed by atoms with E-state index in [-0.39, 0.29) is 0 Å². The lowest BCUT2D eigenvalue weighted by Gasteiger charge is -2.16. The molecule has 104 valence electrons. The Morgan fingerprint density at radius 1 is 1.39 bits per heavy atom. The van der Waals surface area contributed by atoms with Gasteiger partial charge in [-0.05, 0) is 12.3 Å². The summed E-state index contributed by atoms with van der Waals surface area (Å²) in [5.74, 6) is 7.22. The summed E-state index contributed by atoms with van der Waals surface area (Å²) in [4.78, 5) is 4.34. The zero-order valence-electron chi connectivity index (χ0n) is 11.9. The molecular weight excluding hydrogens is 226 g/mol. The second kappa shape index (κ2) is 8.21. The van der Waals surface area contributed by atoms with E-state index in [1.54, 1.807) is 6.33 Å². The molecule has 0 radical (unpaired) electrons. The Hall–Kier alpha value is -0.940. The SMILES string of the molecule is CCCCCC(Cc1ncnn1CC(C)C)NN. The van der Waals surface area contributed by atoms with Crippen molar-refractivity contribution >= 4 is 0 Å². The molecule has 1 rings (SSSR count). The molecule has 18 heavy (non-hydrogen) atoms. The molecular formula is C13H27N5. The van der Waals surface area contributed by atoms with Crippen molar-refractivity contribution in [1.82, 2.24) is 20.2 Å². The Morgan fingerprint density at radius 3 is 2.78 bits per heavy atom. The highest BCUT2D eigenvalue weighted by Gasteiger charge is 2.13. The Labute approximate surface area is 110 Å². The van der Waals surface area contributed by atoms with Gasteiger partial charge in [0.15, 0.2) is 0 Å². The van der Waals surface area contributed by atoms with E-state index in [9.17, 15) is 0 Å². The molecule has 1 aromatic heterocycles. The Kier molecular flexibility index (Phi) is 6.90. The number of nitrogens with zero attached hydrogens (tertiary/aromatic N) is 3. The highest BCUT2D eigenvalue weighted by atomic mass is 15.3. The quantitative estimate of drug-likeness (QED) is 0.400. The van der Waals surface area contributed by atoms with Gasteiger partial charge in [-0.2, -0.15) is 5.10 Å². The molecule has 3 N–H and O–H groups in total. The van der Waals surface area contributed by atoms with Crippen LogP contribution in [-0.4, -0.2) is 20.8 Å². The lowest BCUT2D eigenvalue weighted by atomic mass is 10.1. The molecule has 5 nitrogen and oxygen atoms in total. The highest BCUT2D eigenvalue weighted by Crippen LogP contribution is 2.09. The molecule has 1 aromatic rings. The minimum atomic E-state index is 0.298. The fourth-order valence-corrected chi connectivity index (χ4v) is 2.05. The minimum Gasteiger partial charge on any atom is -0.271 e. The number of hydrogen-bond donors (Lipinski definition) is 2. The second-order valence-corrected chi connectivity index (χ2v) is 5.32. The first kappa shape index (κ1) is 15.1. The van der Waals surface area contributed by atoms with Gasteiger partial charge >= 0.3 is 0 Å². The standard InChI is InChI=1S/C13H27N5/c1-4-5-6-7-12(17-14)8-13-15-10-16-18(13)9-11(2)3/h10-12,17H,4-9,14H2,1-3H3. The van der Waals surface area contributed by atoms with Crippen LogP contribution in [0, 0.1) is 5.92 Å². The third-order valence-corrected chi connectivity index (χ3v) is 3.05. The van der Waals surface area contributed by atoms with E-state index >= 15 is 0 Å². The van der Waals surface area contributed by atoms with Crippen LogP contribution in [0.25, 0.3) is 0 Å². The smallest absolute Gasteiger partial charge is 0.138 e. The predicted octanol–water partition coefficient (Wildman–Crippen LogP) is 1.89. The molecule has 1 atom stereocenters. The number of unbranched alkanes of at least 4 members (excludes halogenated alkanes) is 2. The van der Waals surface area contributed by atoms with E-state index in [2.05, 4.69) is 36.3 Å². The number of aromatic nitrogens is 3. The zero-order valence-corrected chi connectivity index (χ0v) is 11.9. The van der Waals surface area contributed by atoms with E-state index in [1.807, 2.05) is 4.68 Å². The summed E-state index contributed by atoms with van der Waals surface area (Å²) in [6.45, 7) is 7.50. The van der Waals surface area contributed by atoms with E-state index in [4.69, 9.17) is 5.84 Å². The third-order valence-electron chi connectivity index (χ3n) is 3.05. The molecule has 5 heteroatoms. The van der Waals surface area contributed by atoms with E-state index in [0.717, 1.165) is 25.2 Å². The summed E-state index contributed by atoms with van der Waals surface area (Å²) < 4.78 is 1.99. The van der Waals surface area contributed by atoms with Gasteiger partial charge in [-0.15, -0.1) is 0 Å². The van der Waals surface area contributed by atoms with Crippen LogP contribution in [0.4, 0.5) is 0 Å². The van der Waals surface area contributed by atoms with Gasteiger partial charge in [0.2, 0.25) is 0 Å². The van der Waals surface area contributed by atoms with Gasteiger partial charge in [-0.1, -0.05) is 40.0 Å². The van der Waals surface area contributed by atoms with Crippen molar-refractivity contribution in [3.8, 4) is 0 Å².